The molecule has 9 heterocycles. The van der Waals surface area contributed by atoms with Crippen LogP contribution in [0.15, 0.2) is 97.6 Å². The number of aryl methyl sites for hydroxylation is 1. The number of fused-ring (bicyclic) bond motifs is 4. The van der Waals surface area contributed by atoms with E-state index in [1.165, 1.54) is 6.07 Å². The highest BCUT2D eigenvalue weighted by Crippen LogP contribution is 2.46. The van der Waals surface area contributed by atoms with Crippen LogP contribution in [0.4, 0.5) is 15.2 Å². The first-order chi connectivity index (χ1) is 39.3. The van der Waals surface area contributed by atoms with Crippen molar-refractivity contribution in [3.63, 3.8) is 0 Å². The first kappa shape index (κ1) is 56.4. The minimum Gasteiger partial charge on any atom is -0.484 e. The largest absolute Gasteiger partial charge is 0.484 e. The second-order valence-electron chi connectivity index (χ2n) is 21.2. The number of nitriles is 1. The number of hydrogen-bond acceptors (Lipinski definition) is 16. The summed E-state index contributed by atoms with van der Waals surface area (Å²) in [5.74, 6) is 1.10. The molecule has 81 heavy (non-hydrogen) atoms. The minimum absolute atomic E-state index is 0.00393. The molecule has 21 heteroatoms. The zero-order chi connectivity index (χ0) is 56.7. The van der Waals surface area contributed by atoms with Gasteiger partial charge in [0.15, 0.2) is 5.75 Å². The lowest BCUT2D eigenvalue weighted by Gasteiger charge is -2.30. The van der Waals surface area contributed by atoms with Crippen LogP contribution in [0, 0.1) is 30.0 Å². The van der Waals surface area contributed by atoms with Crippen LogP contribution < -0.4 is 30.7 Å². The summed E-state index contributed by atoms with van der Waals surface area (Å²) in [6, 6.07) is 25.8. The Hall–Kier alpha value is -7.83. The van der Waals surface area contributed by atoms with Crippen LogP contribution >= 0.6 is 22.9 Å². The Morgan fingerprint density at radius 2 is 1.83 bits per heavy atom. The van der Waals surface area contributed by atoms with E-state index in [0.29, 0.717) is 75.4 Å². The van der Waals surface area contributed by atoms with Gasteiger partial charge in [-0.2, -0.15) is 15.2 Å². The second kappa shape index (κ2) is 25.3. The van der Waals surface area contributed by atoms with Gasteiger partial charge in [-0.05, 0) is 81.3 Å². The summed E-state index contributed by atoms with van der Waals surface area (Å²) >= 11 is 7.14. The monoisotopic (exact) mass is 1130 g/mol. The number of carbonyl (C=O) groups excluding carboxylic acids is 2. The summed E-state index contributed by atoms with van der Waals surface area (Å²) in [5.41, 5.74) is 12.8. The van der Waals surface area contributed by atoms with E-state index in [1.54, 1.807) is 41.6 Å². The van der Waals surface area contributed by atoms with Crippen molar-refractivity contribution in [2.24, 2.45) is 5.92 Å². The van der Waals surface area contributed by atoms with Gasteiger partial charge in [0.05, 0.1) is 51.8 Å². The van der Waals surface area contributed by atoms with Gasteiger partial charge in [0, 0.05) is 85.7 Å². The van der Waals surface area contributed by atoms with Crippen LogP contribution in [-0.4, -0.2) is 109 Å². The number of aromatic nitrogens is 7. The molecule has 4 aliphatic heterocycles. The number of thiophene rings is 1. The molecule has 2 amide bonds. The molecule has 4 aliphatic rings. The highest BCUT2D eigenvalue weighted by Gasteiger charge is 2.40. The Labute approximate surface area is 478 Å². The van der Waals surface area contributed by atoms with Gasteiger partial charge in [0.1, 0.15) is 52.7 Å². The molecule has 12 rings (SSSR count). The predicted octanol–water partition coefficient (Wildman–Crippen LogP) is 10.2. The normalized spacial score (nSPS) is 18.4. The molecule has 4 N–H and O–H groups in total. The number of ether oxygens (including phenoxy) is 3. The van der Waals surface area contributed by atoms with Crippen LogP contribution in [0.1, 0.15) is 94.1 Å². The smallest absolute Gasteiger partial charge is 0.319 e. The number of anilines is 2. The van der Waals surface area contributed by atoms with Gasteiger partial charge in [0.2, 0.25) is 12.3 Å². The number of nitrogen functional groups attached to an aromatic ring is 1. The van der Waals surface area contributed by atoms with Crippen molar-refractivity contribution in [3.8, 4) is 40.3 Å². The van der Waals surface area contributed by atoms with Crippen molar-refractivity contribution in [1.29, 1.82) is 5.26 Å². The fraction of sp³-hybridized carbons (Fsp3) is 0.383. The lowest BCUT2D eigenvalue weighted by molar-refractivity contribution is -0.137. The number of benzene rings is 3. The number of carbonyl (C=O) groups is 2. The second-order valence-corrected chi connectivity index (χ2v) is 22.6. The summed E-state index contributed by atoms with van der Waals surface area (Å²) in [4.78, 5) is 46.4. The maximum Gasteiger partial charge on any atom is 0.319 e. The van der Waals surface area contributed by atoms with E-state index >= 15 is 4.39 Å². The van der Waals surface area contributed by atoms with Gasteiger partial charge in [-0.3, -0.25) is 19.6 Å². The van der Waals surface area contributed by atoms with E-state index in [1.807, 2.05) is 87.2 Å². The van der Waals surface area contributed by atoms with Crippen LogP contribution in [0.25, 0.3) is 43.5 Å². The van der Waals surface area contributed by atoms with E-state index in [0.717, 1.165) is 102 Å². The van der Waals surface area contributed by atoms with Crippen molar-refractivity contribution in [2.75, 3.05) is 43.5 Å². The quantitative estimate of drug-likeness (QED) is 0.0862. The lowest BCUT2D eigenvalue weighted by atomic mass is 10.0. The van der Waals surface area contributed by atoms with Gasteiger partial charge < -0.3 is 40.4 Å². The van der Waals surface area contributed by atoms with Crippen molar-refractivity contribution >= 4 is 67.1 Å². The van der Waals surface area contributed by atoms with Crippen LogP contribution in [-0.2, 0) is 20.9 Å². The summed E-state index contributed by atoms with van der Waals surface area (Å²) in [5, 5.41) is 26.1. The Morgan fingerprint density at radius 1 is 1.04 bits per heavy atom. The molecule has 0 aliphatic carbocycles. The van der Waals surface area contributed by atoms with Crippen molar-refractivity contribution in [1.82, 2.24) is 50.5 Å². The number of likely N-dealkylation sites (tertiary alicyclic amines) is 1. The van der Waals surface area contributed by atoms with Crippen LogP contribution in [0.3, 0.4) is 0 Å². The topological polar surface area (TPSA) is 224 Å². The SMILES string of the molecule is CC(C)C(C(=O)N1CCCC1C)n1ccnn1.CC(NC=O)c1ccc(-c2ncccc2Cl)cc1.Cc1ccc(COc2c(-c3ccc(F)c4sc(N)c(C#N)c34)ncc3c(N4CC5CC4CN5)nc(OC4CCOCC4)nc23)cc1. The number of amides is 2. The Kier molecular flexibility index (Phi) is 17.6. The molecule has 5 atom stereocenters. The van der Waals surface area contributed by atoms with Crippen molar-refractivity contribution in [2.45, 2.75) is 110 Å². The third-order valence-corrected chi connectivity index (χ3v) is 16.7. The summed E-state index contributed by atoms with van der Waals surface area (Å²) in [6.45, 7) is 14.2. The Morgan fingerprint density at radius 3 is 2.48 bits per heavy atom. The molecule has 5 unspecified atom stereocenters. The first-order valence-corrected chi connectivity index (χ1v) is 28.6. The molecule has 3 aromatic carbocycles. The highest BCUT2D eigenvalue weighted by molar-refractivity contribution is 7.23. The third-order valence-electron chi connectivity index (χ3n) is 15.3. The number of nitrogens with two attached hydrogens (primary N) is 1. The number of nitrogens with one attached hydrogen (secondary N) is 2. The van der Waals surface area contributed by atoms with E-state index in [4.69, 9.17) is 46.5 Å². The molecular weight excluding hydrogens is 1070 g/mol. The molecule has 4 fully saturated rings. The van der Waals surface area contributed by atoms with Crippen LogP contribution in [0.5, 0.6) is 11.8 Å². The van der Waals surface area contributed by atoms with Gasteiger partial charge >= 0.3 is 6.01 Å². The maximum atomic E-state index is 15.1. The van der Waals surface area contributed by atoms with Gasteiger partial charge in [0.25, 0.3) is 0 Å². The lowest BCUT2D eigenvalue weighted by Crippen LogP contribution is -2.44. The molecule has 18 nitrogen and oxygen atoms in total. The molecule has 0 spiro atoms. The van der Waals surface area contributed by atoms with E-state index in [2.05, 4.69) is 43.8 Å². The predicted molar refractivity (Wildman–Crippen MR) is 311 cm³/mol. The third kappa shape index (κ3) is 12.4. The van der Waals surface area contributed by atoms with E-state index < -0.39 is 5.82 Å². The number of hydrogen-bond donors (Lipinski definition) is 3. The number of halogens is 2. The number of rotatable bonds is 14. The summed E-state index contributed by atoms with van der Waals surface area (Å²) < 4.78 is 35.7. The van der Waals surface area contributed by atoms with Crippen LogP contribution in [0.2, 0.25) is 5.02 Å². The van der Waals surface area contributed by atoms with Crippen molar-refractivity contribution < 1.29 is 28.2 Å². The first-order valence-electron chi connectivity index (χ1n) is 27.4. The molecule has 0 radical (unpaired) electrons. The Balaban J connectivity index is 0.000000172. The number of pyridine rings is 2. The van der Waals surface area contributed by atoms with Gasteiger partial charge in [-0.15, -0.1) is 16.4 Å². The molecule has 8 aromatic rings. The molecule has 2 bridgehead atoms. The van der Waals surface area contributed by atoms with Crippen molar-refractivity contribution in [3.05, 3.63) is 131 Å². The minimum atomic E-state index is -0.450. The summed E-state index contributed by atoms with van der Waals surface area (Å²) in [7, 11) is 0. The maximum absolute atomic E-state index is 15.1. The Bertz CT molecular complexity index is 3540. The number of nitrogens with zero attached hydrogens (tertiary/aromatic N) is 10. The average Bonchev–Trinajstić information content (AvgIpc) is 4.47. The fourth-order valence-corrected chi connectivity index (χ4v) is 12.1. The fourth-order valence-electron chi connectivity index (χ4n) is 11.0. The standard InChI is InChI=1S/C34H32FN7O3S.C14H13ClN2O.C12H20N4O/c1-18-2-4-19(5-3-18)17-44-30-28(23-6-7-26(35)31-27(23)24(13-36)32(37)46-31)39-15-25-29(30)40-34(45-22-8-10-43-11-9-22)41-33(25)42-16-20-12-21(42)14-38-20;1-10(17-9-18)11-4-6-12(7-5-11)14-13(15)3-2-8-16-14;1-9(2)11(16-8-6-13-14-16)12(17)15-7-4-5-10(15)3/h2-7,15,20-22,38H,8-12,14,16-17,37H2,1H3;2-10H,1H3,(H,17,18);6,8-11H,4-5,7H2,1-3H3. The molecule has 420 valence electrons. The highest BCUT2D eigenvalue weighted by atomic mass is 35.5. The molecule has 5 aromatic heterocycles. The van der Waals surface area contributed by atoms with Gasteiger partial charge in [-0.1, -0.05) is 84.8 Å². The molecular formula is C60H65ClFN13O5S. The van der Waals surface area contributed by atoms with E-state index in [-0.39, 0.29) is 53.2 Å². The zero-order valence-corrected chi connectivity index (χ0v) is 47.5. The average molecular weight is 1130 g/mol. The molecule has 4 saturated heterocycles. The number of piperazine rings is 1. The van der Waals surface area contributed by atoms with E-state index in [9.17, 15) is 14.9 Å². The summed E-state index contributed by atoms with van der Waals surface area (Å²) in [6.07, 6.45) is 12.2. The zero-order valence-electron chi connectivity index (χ0n) is 45.9. The molecule has 0 saturated carbocycles. The van der Waals surface area contributed by atoms with Gasteiger partial charge in [-0.25, -0.2) is 9.07 Å².